The molecule has 1 amide bonds. The Labute approximate surface area is 118 Å². The molecule has 0 aliphatic carbocycles. The minimum absolute atomic E-state index is 0.0222. The van der Waals surface area contributed by atoms with E-state index in [1.54, 1.807) is 0 Å². The topological polar surface area (TPSA) is 103 Å². The third-order valence-electron chi connectivity index (χ3n) is 2.38. The Morgan fingerprint density at radius 2 is 1.80 bits per heavy atom. The van der Waals surface area contributed by atoms with Gasteiger partial charge in [0.2, 0.25) is 11.8 Å². The van der Waals surface area contributed by atoms with Crippen LogP contribution in [-0.2, 0) is 0 Å². The van der Waals surface area contributed by atoms with Gasteiger partial charge < -0.3 is 15.6 Å². The zero-order valence-corrected chi connectivity index (χ0v) is 10.8. The summed E-state index contributed by atoms with van der Waals surface area (Å²) in [6.07, 6.45) is 0. The first-order valence-corrected chi connectivity index (χ1v) is 5.82. The Hall–Kier alpha value is -2.60. The highest BCUT2D eigenvalue weighted by molar-refractivity contribution is 6.33. The Bertz CT molecular complexity index is 671. The summed E-state index contributed by atoms with van der Waals surface area (Å²) in [6.45, 7) is 0. The quantitative estimate of drug-likeness (QED) is 0.900. The number of carbonyl (C=O) groups excluding carboxylic acids is 1. The standard InChI is InChI=1S/C13H9ClN2O4/c14-9-5-6-10(16-11(9)13(18)19)20-8-3-1-7(2-4-8)12(15)17/h1-6H,(H2,15,17)(H,18,19). The molecule has 0 bridgehead atoms. The van der Waals surface area contributed by atoms with Crippen molar-refractivity contribution < 1.29 is 19.4 Å². The van der Waals surface area contributed by atoms with Gasteiger partial charge in [-0.2, -0.15) is 0 Å². The maximum absolute atomic E-state index is 10.9. The first-order valence-electron chi connectivity index (χ1n) is 5.45. The number of ether oxygens (including phenoxy) is 1. The minimum atomic E-state index is -1.25. The second kappa shape index (κ2) is 5.58. The second-order valence-corrected chi connectivity index (χ2v) is 4.18. The van der Waals surface area contributed by atoms with Crippen molar-refractivity contribution in [1.82, 2.24) is 4.98 Å². The molecular weight excluding hydrogens is 284 g/mol. The van der Waals surface area contributed by atoms with E-state index < -0.39 is 11.9 Å². The highest BCUT2D eigenvalue weighted by Crippen LogP contribution is 2.23. The summed E-state index contributed by atoms with van der Waals surface area (Å²) in [5.41, 5.74) is 5.16. The zero-order valence-electron chi connectivity index (χ0n) is 10.0. The molecule has 102 valence electrons. The van der Waals surface area contributed by atoms with E-state index in [1.807, 2.05) is 0 Å². The summed E-state index contributed by atoms with van der Waals surface area (Å²) in [5.74, 6) is -1.32. The Morgan fingerprint density at radius 3 is 2.35 bits per heavy atom. The number of benzene rings is 1. The van der Waals surface area contributed by atoms with Crippen molar-refractivity contribution in [2.75, 3.05) is 0 Å². The molecule has 3 N–H and O–H groups in total. The fourth-order valence-electron chi connectivity index (χ4n) is 1.44. The predicted octanol–water partition coefficient (Wildman–Crippen LogP) is 2.32. The van der Waals surface area contributed by atoms with Crippen LogP contribution in [0.2, 0.25) is 5.02 Å². The first kappa shape index (κ1) is 13.8. The molecule has 0 saturated heterocycles. The average molecular weight is 293 g/mol. The molecule has 0 saturated carbocycles. The third-order valence-corrected chi connectivity index (χ3v) is 2.69. The van der Waals surface area contributed by atoms with Gasteiger partial charge in [0.1, 0.15) is 5.75 Å². The fourth-order valence-corrected chi connectivity index (χ4v) is 1.63. The van der Waals surface area contributed by atoms with Crippen LogP contribution in [0.25, 0.3) is 0 Å². The van der Waals surface area contributed by atoms with Gasteiger partial charge in [0.25, 0.3) is 0 Å². The van der Waals surface area contributed by atoms with Crippen LogP contribution in [0.4, 0.5) is 0 Å². The number of primary amides is 1. The van der Waals surface area contributed by atoms with Crippen molar-refractivity contribution in [3.05, 3.63) is 52.7 Å². The third kappa shape index (κ3) is 3.04. The van der Waals surface area contributed by atoms with Gasteiger partial charge in [0, 0.05) is 11.6 Å². The highest BCUT2D eigenvalue weighted by Gasteiger charge is 2.12. The van der Waals surface area contributed by atoms with E-state index in [0.717, 1.165) is 0 Å². The SMILES string of the molecule is NC(=O)c1ccc(Oc2ccc(Cl)c(C(=O)O)n2)cc1. The smallest absolute Gasteiger partial charge is 0.356 e. The first-order chi connectivity index (χ1) is 9.47. The summed E-state index contributed by atoms with van der Waals surface area (Å²) >= 11 is 5.70. The number of aromatic carboxylic acids is 1. The number of hydrogen-bond donors (Lipinski definition) is 2. The molecule has 2 rings (SSSR count). The predicted molar refractivity (Wildman–Crippen MR) is 71.2 cm³/mol. The Balaban J connectivity index is 2.23. The van der Waals surface area contributed by atoms with E-state index >= 15 is 0 Å². The number of carboxylic acids is 1. The maximum Gasteiger partial charge on any atom is 0.356 e. The number of carbonyl (C=O) groups is 2. The molecule has 1 aromatic carbocycles. The molecule has 0 radical (unpaired) electrons. The van der Waals surface area contributed by atoms with Gasteiger partial charge >= 0.3 is 5.97 Å². The van der Waals surface area contributed by atoms with E-state index in [9.17, 15) is 9.59 Å². The summed E-state index contributed by atoms with van der Waals surface area (Å²) in [5, 5.41) is 8.92. The van der Waals surface area contributed by atoms with Crippen molar-refractivity contribution in [2.45, 2.75) is 0 Å². The van der Waals surface area contributed by atoms with Crippen LogP contribution in [-0.4, -0.2) is 22.0 Å². The maximum atomic E-state index is 10.9. The lowest BCUT2D eigenvalue weighted by atomic mass is 10.2. The van der Waals surface area contributed by atoms with Crippen molar-refractivity contribution in [3.8, 4) is 11.6 Å². The molecule has 2 aromatic rings. The lowest BCUT2D eigenvalue weighted by molar-refractivity contribution is 0.0689. The van der Waals surface area contributed by atoms with Crippen LogP contribution in [0.15, 0.2) is 36.4 Å². The van der Waals surface area contributed by atoms with Gasteiger partial charge in [-0.05, 0) is 30.3 Å². The second-order valence-electron chi connectivity index (χ2n) is 3.78. The average Bonchev–Trinajstić information content (AvgIpc) is 2.41. The van der Waals surface area contributed by atoms with Crippen LogP contribution >= 0.6 is 11.6 Å². The normalized spacial score (nSPS) is 10.1. The minimum Gasteiger partial charge on any atom is -0.476 e. The number of nitrogens with two attached hydrogens (primary N) is 1. The molecule has 0 spiro atoms. The monoisotopic (exact) mass is 292 g/mol. The summed E-state index contributed by atoms with van der Waals surface area (Å²) in [4.78, 5) is 25.6. The van der Waals surface area contributed by atoms with Crippen LogP contribution in [0, 0.1) is 0 Å². The molecule has 0 fully saturated rings. The molecule has 1 heterocycles. The molecule has 1 aromatic heterocycles. The van der Waals surface area contributed by atoms with Crippen molar-refractivity contribution in [3.63, 3.8) is 0 Å². The summed E-state index contributed by atoms with van der Waals surface area (Å²) in [6, 6.07) is 8.85. The number of amides is 1. The number of halogens is 1. The Morgan fingerprint density at radius 1 is 1.15 bits per heavy atom. The van der Waals surface area contributed by atoms with Crippen LogP contribution in [0.5, 0.6) is 11.6 Å². The summed E-state index contributed by atoms with van der Waals surface area (Å²) < 4.78 is 5.37. The number of nitrogens with zero attached hydrogens (tertiary/aromatic N) is 1. The Kier molecular flexibility index (Phi) is 3.86. The van der Waals surface area contributed by atoms with E-state index in [2.05, 4.69) is 4.98 Å². The van der Waals surface area contributed by atoms with Gasteiger partial charge in [-0.3, -0.25) is 4.79 Å². The van der Waals surface area contributed by atoms with Crippen LogP contribution in [0.1, 0.15) is 20.8 Å². The van der Waals surface area contributed by atoms with Crippen molar-refractivity contribution in [1.29, 1.82) is 0 Å². The van der Waals surface area contributed by atoms with Gasteiger partial charge in [0.05, 0.1) is 5.02 Å². The van der Waals surface area contributed by atoms with Gasteiger partial charge in [0.15, 0.2) is 5.69 Å². The van der Waals surface area contributed by atoms with Gasteiger partial charge in [-0.15, -0.1) is 0 Å². The van der Waals surface area contributed by atoms with Crippen LogP contribution < -0.4 is 10.5 Å². The van der Waals surface area contributed by atoms with E-state index in [1.165, 1.54) is 36.4 Å². The molecule has 6 nitrogen and oxygen atoms in total. The lowest BCUT2D eigenvalue weighted by Crippen LogP contribution is -2.10. The number of carboxylic acid groups (broad SMARTS) is 1. The molecule has 20 heavy (non-hydrogen) atoms. The molecule has 0 aliphatic rings. The zero-order chi connectivity index (χ0) is 14.7. The van der Waals surface area contributed by atoms with Gasteiger partial charge in [-0.25, -0.2) is 9.78 Å². The van der Waals surface area contributed by atoms with E-state index in [-0.39, 0.29) is 16.6 Å². The molecule has 0 atom stereocenters. The number of hydrogen-bond acceptors (Lipinski definition) is 4. The van der Waals surface area contributed by atoms with E-state index in [4.69, 9.17) is 27.2 Å². The van der Waals surface area contributed by atoms with Gasteiger partial charge in [-0.1, -0.05) is 11.6 Å². The highest BCUT2D eigenvalue weighted by atomic mass is 35.5. The number of aromatic nitrogens is 1. The molecule has 0 aliphatic heterocycles. The van der Waals surface area contributed by atoms with Crippen molar-refractivity contribution in [2.24, 2.45) is 5.73 Å². The van der Waals surface area contributed by atoms with Crippen molar-refractivity contribution >= 4 is 23.5 Å². The van der Waals surface area contributed by atoms with Crippen LogP contribution in [0.3, 0.4) is 0 Å². The van der Waals surface area contributed by atoms with E-state index in [0.29, 0.717) is 11.3 Å². The fraction of sp³-hybridized carbons (Fsp3) is 0. The summed E-state index contributed by atoms with van der Waals surface area (Å²) in [7, 11) is 0. The number of pyridine rings is 1. The molecular formula is C13H9ClN2O4. The largest absolute Gasteiger partial charge is 0.476 e. The molecule has 7 heteroatoms. The lowest BCUT2D eigenvalue weighted by Gasteiger charge is -2.06. The molecule has 0 unspecified atom stereocenters. The number of rotatable bonds is 4.